The molecule has 9 heteroatoms. The number of allylic oxidation sites excluding steroid dienone is 1. The highest BCUT2D eigenvalue weighted by Gasteiger charge is 2.48. The van der Waals surface area contributed by atoms with E-state index in [4.69, 9.17) is 4.74 Å². The van der Waals surface area contributed by atoms with Crippen molar-refractivity contribution in [3.8, 4) is 0 Å². The van der Waals surface area contributed by atoms with Crippen molar-refractivity contribution in [3.63, 3.8) is 0 Å². The lowest BCUT2D eigenvalue weighted by Crippen LogP contribution is -2.65. The van der Waals surface area contributed by atoms with Gasteiger partial charge in [-0.25, -0.2) is 0 Å². The van der Waals surface area contributed by atoms with Gasteiger partial charge in [-0.3, -0.25) is 4.79 Å². The highest BCUT2D eigenvalue weighted by atomic mass is 16.6. The van der Waals surface area contributed by atoms with Crippen molar-refractivity contribution in [2.45, 2.75) is 204 Å². The van der Waals surface area contributed by atoms with E-state index in [0.29, 0.717) is 6.42 Å². The summed E-state index contributed by atoms with van der Waals surface area (Å²) < 4.78 is 5.54. The van der Waals surface area contributed by atoms with Gasteiger partial charge in [0.25, 0.3) is 0 Å². The van der Waals surface area contributed by atoms with Crippen LogP contribution in [0.3, 0.4) is 0 Å². The summed E-state index contributed by atoms with van der Waals surface area (Å²) in [5.41, 5.74) is 0. The number of ether oxygens (including phenoxy) is 1. The van der Waals surface area contributed by atoms with Gasteiger partial charge >= 0.3 is 0 Å². The summed E-state index contributed by atoms with van der Waals surface area (Å²) in [4.78, 5) is 12.9. The lowest BCUT2D eigenvalue weighted by Gasteiger charge is -2.43. The maximum Gasteiger partial charge on any atom is 0.220 e. The molecule has 1 aliphatic rings. The van der Waals surface area contributed by atoms with E-state index in [1.54, 1.807) is 6.08 Å². The molecule has 0 aromatic heterocycles. The van der Waals surface area contributed by atoms with E-state index < -0.39 is 55.4 Å². The Bertz CT molecular complexity index is 736. The molecule has 8 atom stereocenters. The second-order valence-electron chi connectivity index (χ2n) is 13.2. The summed E-state index contributed by atoms with van der Waals surface area (Å²) in [6.07, 6.45) is 17.7. The van der Waals surface area contributed by atoms with Gasteiger partial charge in [0.15, 0.2) is 0 Å². The number of hydrogen-bond donors (Lipinski definition) is 7. The van der Waals surface area contributed by atoms with Crippen molar-refractivity contribution in [1.29, 1.82) is 0 Å². The molecule has 0 saturated carbocycles. The lowest BCUT2D eigenvalue weighted by molar-refractivity contribution is -0.253. The third kappa shape index (κ3) is 18.2. The van der Waals surface area contributed by atoms with Crippen LogP contribution in [0.1, 0.15) is 155 Å². The van der Waals surface area contributed by atoms with E-state index in [9.17, 15) is 35.4 Å². The van der Waals surface area contributed by atoms with Gasteiger partial charge in [-0.1, -0.05) is 142 Å². The largest absolute Gasteiger partial charge is 0.394 e. The van der Waals surface area contributed by atoms with Gasteiger partial charge < -0.3 is 40.7 Å². The molecule has 1 aliphatic heterocycles. The van der Waals surface area contributed by atoms with Gasteiger partial charge in [0.1, 0.15) is 36.6 Å². The van der Waals surface area contributed by atoms with E-state index in [2.05, 4.69) is 19.2 Å². The topological polar surface area (TPSA) is 160 Å². The minimum absolute atomic E-state index is 0.239. The molecule has 1 fully saturated rings. The Hall–Kier alpha value is -1.07. The Morgan fingerprint density at radius 3 is 1.64 bits per heavy atom. The van der Waals surface area contributed by atoms with Crippen LogP contribution in [0.4, 0.5) is 0 Å². The zero-order chi connectivity index (χ0) is 33.3. The van der Waals surface area contributed by atoms with Crippen LogP contribution in [0.25, 0.3) is 0 Å². The van der Waals surface area contributed by atoms with Gasteiger partial charge in [-0.2, -0.15) is 0 Å². The molecular weight excluding hydrogens is 574 g/mol. The van der Waals surface area contributed by atoms with Crippen LogP contribution in [0.15, 0.2) is 12.2 Å². The molecule has 1 amide bonds. The van der Waals surface area contributed by atoms with E-state index in [-0.39, 0.29) is 12.3 Å². The highest BCUT2D eigenvalue weighted by Crippen LogP contribution is 2.26. The fourth-order valence-corrected chi connectivity index (χ4v) is 6.13. The summed E-state index contributed by atoms with van der Waals surface area (Å²) in [6.45, 7) is 3.80. The summed E-state index contributed by atoms with van der Waals surface area (Å²) in [5, 5.41) is 65.5. The SMILES string of the molecule is CCCCCCCCCCCCC/C=C/[C@@H](O)[C@@H](NC(=O)CCCCCCCCCCC)C(O)C1O[C@H](CO)[C@@H](O)[C@H](O)[C@H]1O. The molecule has 0 bridgehead atoms. The zero-order valence-corrected chi connectivity index (χ0v) is 28.5. The molecule has 1 rings (SSSR count). The van der Waals surface area contributed by atoms with Crippen molar-refractivity contribution in [1.82, 2.24) is 5.32 Å². The van der Waals surface area contributed by atoms with Crippen molar-refractivity contribution in [2.24, 2.45) is 0 Å². The molecule has 45 heavy (non-hydrogen) atoms. The number of aliphatic hydroxyl groups is 6. The molecule has 0 aromatic rings. The maximum atomic E-state index is 12.9. The molecule has 0 radical (unpaired) electrons. The monoisotopic (exact) mass is 644 g/mol. The third-order valence-corrected chi connectivity index (χ3v) is 9.14. The number of carbonyl (C=O) groups is 1. The number of amides is 1. The molecule has 1 heterocycles. The molecular formula is C36H69NO8. The highest BCUT2D eigenvalue weighted by molar-refractivity contribution is 5.76. The van der Waals surface area contributed by atoms with Gasteiger partial charge in [0.05, 0.1) is 18.8 Å². The van der Waals surface area contributed by atoms with Crippen LogP contribution in [0, 0.1) is 0 Å². The Labute approximate surface area is 273 Å². The first kappa shape index (κ1) is 42.0. The molecule has 1 saturated heterocycles. The first-order valence-electron chi connectivity index (χ1n) is 18.4. The lowest BCUT2D eigenvalue weighted by atomic mass is 9.88. The Kier molecular flexibility index (Phi) is 25.1. The number of aliphatic hydroxyl groups excluding tert-OH is 6. The normalized spacial score (nSPS) is 24.1. The first-order valence-corrected chi connectivity index (χ1v) is 18.4. The second-order valence-corrected chi connectivity index (χ2v) is 13.2. The maximum absolute atomic E-state index is 12.9. The Morgan fingerprint density at radius 2 is 1.16 bits per heavy atom. The van der Waals surface area contributed by atoms with Crippen LogP contribution in [-0.2, 0) is 9.53 Å². The van der Waals surface area contributed by atoms with E-state index in [1.807, 2.05) is 6.08 Å². The second kappa shape index (κ2) is 26.9. The molecule has 0 aromatic carbocycles. The van der Waals surface area contributed by atoms with Gasteiger partial charge in [-0.05, 0) is 19.3 Å². The molecule has 2 unspecified atom stereocenters. The van der Waals surface area contributed by atoms with Crippen LogP contribution in [0.2, 0.25) is 0 Å². The smallest absolute Gasteiger partial charge is 0.220 e. The average Bonchev–Trinajstić information content (AvgIpc) is 3.03. The van der Waals surface area contributed by atoms with E-state index in [1.165, 1.54) is 89.9 Å². The van der Waals surface area contributed by atoms with Gasteiger partial charge in [0.2, 0.25) is 5.91 Å². The number of hydrogen-bond acceptors (Lipinski definition) is 8. The minimum atomic E-state index is -1.68. The van der Waals surface area contributed by atoms with Crippen molar-refractivity contribution in [2.75, 3.05) is 6.61 Å². The van der Waals surface area contributed by atoms with Crippen molar-refractivity contribution in [3.05, 3.63) is 12.2 Å². The molecule has 266 valence electrons. The number of nitrogens with one attached hydrogen (secondary N) is 1. The average molecular weight is 644 g/mol. The summed E-state index contributed by atoms with van der Waals surface area (Å²) in [6, 6.07) is -1.22. The number of unbranched alkanes of at least 4 members (excludes halogenated alkanes) is 19. The molecule has 0 spiro atoms. The molecule has 7 N–H and O–H groups in total. The zero-order valence-electron chi connectivity index (χ0n) is 28.5. The van der Waals surface area contributed by atoms with Crippen LogP contribution < -0.4 is 5.32 Å². The Morgan fingerprint density at radius 1 is 0.689 bits per heavy atom. The van der Waals surface area contributed by atoms with Crippen LogP contribution in [-0.4, -0.2) is 91.9 Å². The van der Waals surface area contributed by atoms with Crippen LogP contribution in [0.5, 0.6) is 0 Å². The van der Waals surface area contributed by atoms with Crippen molar-refractivity contribution >= 4 is 5.91 Å². The number of carbonyl (C=O) groups excluding carboxylic acids is 1. The van der Waals surface area contributed by atoms with Crippen LogP contribution >= 0.6 is 0 Å². The summed E-state index contributed by atoms with van der Waals surface area (Å²) in [5.74, 6) is -0.329. The van der Waals surface area contributed by atoms with E-state index >= 15 is 0 Å². The molecule has 9 nitrogen and oxygen atoms in total. The van der Waals surface area contributed by atoms with Gasteiger partial charge in [0, 0.05) is 6.42 Å². The quantitative estimate of drug-likeness (QED) is 0.0452. The summed E-state index contributed by atoms with van der Waals surface area (Å²) >= 11 is 0. The Balaban J connectivity index is 2.60. The predicted molar refractivity (Wildman–Crippen MR) is 180 cm³/mol. The standard InChI is InChI=1S/C36H69NO8/c1-3-5-7-9-11-13-14-15-16-18-19-21-23-25-28(39)31(33(42)36-35(44)34(43)32(41)29(27-38)45-36)37-30(40)26-24-22-20-17-12-10-8-6-4-2/h23,25,28-29,31-36,38-39,41-44H,3-22,24,26-27H2,1-2H3,(H,37,40)/b25-23+/t28-,29-,31-,32-,33?,34+,35-,36?/m1/s1. The third-order valence-electron chi connectivity index (χ3n) is 9.14. The summed E-state index contributed by atoms with van der Waals surface area (Å²) in [7, 11) is 0. The first-order chi connectivity index (χ1) is 21.8. The van der Waals surface area contributed by atoms with Crippen molar-refractivity contribution < 1.29 is 40.2 Å². The minimum Gasteiger partial charge on any atom is -0.394 e. The fourth-order valence-electron chi connectivity index (χ4n) is 6.13. The number of rotatable bonds is 28. The molecule has 0 aliphatic carbocycles. The predicted octanol–water partition coefficient (Wildman–Crippen LogP) is 5.21. The fraction of sp³-hybridized carbons (Fsp3) is 0.917. The van der Waals surface area contributed by atoms with Gasteiger partial charge in [-0.15, -0.1) is 0 Å². The van der Waals surface area contributed by atoms with E-state index in [0.717, 1.165) is 38.5 Å².